The van der Waals surface area contributed by atoms with E-state index in [9.17, 15) is 4.79 Å². The van der Waals surface area contributed by atoms with E-state index < -0.39 is 0 Å². The Bertz CT molecular complexity index is 352. The summed E-state index contributed by atoms with van der Waals surface area (Å²) < 4.78 is 10.5. The van der Waals surface area contributed by atoms with Gasteiger partial charge in [-0.15, -0.1) is 0 Å². The van der Waals surface area contributed by atoms with Crippen molar-refractivity contribution in [2.45, 2.75) is 13.3 Å². The maximum Gasteiger partial charge on any atom is 0.314 e. The molecule has 0 saturated heterocycles. The lowest BCUT2D eigenvalue weighted by Gasteiger charge is -2.09. The van der Waals surface area contributed by atoms with E-state index in [-0.39, 0.29) is 6.03 Å². The van der Waals surface area contributed by atoms with Crippen LogP contribution in [-0.4, -0.2) is 32.8 Å². The molecule has 0 spiro atoms. The standard InChI is InChI=1S/C13H20N2O3/c1-3-8-14-13(16)15-9-10-18-12-6-4-11(17-2)5-7-12/h4-7H,3,8-10H2,1-2H3,(H2,14,15,16). The van der Waals surface area contributed by atoms with Gasteiger partial charge in [-0.2, -0.15) is 0 Å². The monoisotopic (exact) mass is 252 g/mol. The maximum absolute atomic E-state index is 11.2. The van der Waals surface area contributed by atoms with Crippen LogP contribution in [0.25, 0.3) is 0 Å². The van der Waals surface area contributed by atoms with Crippen LogP contribution < -0.4 is 20.1 Å². The molecule has 1 rings (SSSR count). The zero-order chi connectivity index (χ0) is 13.2. The molecule has 0 aromatic heterocycles. The van der Waals surface area contributed by atoms with Crippen molar-refractivity contribution in [2.75, 3.05) is 26.8 Å². The number of hydrogen-bond acceptors (Lipinski definition) is 3. The van der Waals surface area contributed by atoms with Gasteiger partial charge in [0.15, 0.2) is 0 Å². The summed E-state index contributed by atoms with van der Waals surface area (Å²) in [5, 5.41) is 5.43. The van der Waals surface area contributed by atoms with Gasteiger partial charge in [0.2, 0.25) is 0 Å². The molecule has 0 aliphatic rings. The van der Waals surface area contributed by atoms with Gasteiger partial charge in [-0.25, -0.2) is 4.79 Å². The highest BCUT2D eigenvalue weighted by Gasteiger charge is 1.98. The molecule has 100 valence electrons. The van der Waals surface area contributed by atoms with Crippen LogP contribution in [0.5, 0.6) is 11.5 Å². The second kappa shape index (κ2) is 8.22. The third-order valence-corrected chi connectivity index (χ3v) is 2.25. The first-order valence-corrected chi connectivity index (χ1v) is 6.04. The Morgan fingerprint density at radius 1 is 1.11 bits per heavy atom. The van der Waals surface area contributed by atoms with Crippen LogP contribution in [-0.2, 0) is 0 Å². The number of carbonyl (C=O) groups is 1. The molecule has 2 N–H and O–H groups in total. The molecule has 0 fully saturated rings. The van der Waals surface area contributed by atoms with Crippen molar-refractivity contribution in [1.29, 1.82) is 0 Å². The van der Waals surface area contributed by atoms with Gasteiger partial charge in [0.1, 0.15) is 18.1 Å². The van der Waals surface area contributed by atoms with E-state index in [1.54, 1.807) is 7.11 Å². The average molecular weight is 252 g/mol. The van der Waals surface area contributed by atoms with Crippen molar-refractivity contribution in [3.63, 3.8) is 0 Å². The third-order valence-electron chi connectivity index (χ3n) is 2.25. The molecular weight excluding hydrogens is 232 g/mol. The molecule has 1 aromatic carbocycles. The first-order chi connectivity index (χ1) is 8.76. The van der Waals surface area contributed by atoms with E-state index in [1.807, 2.05) is 31.2 Å². The molecule has 0 aliphatic heterocycles. The van der Waals surface area contributed by atoms with Crippen LogP contribution in [0, 0.1) is 0 Å². The fourth-order valence-corrected chi connectivity index (χ4v) is 1.31. The molecular formula is C13H20N2O3. The maximum atomic E-state index is 11.2. The van der Waals surface area contributed by atoms with Gasteiger partial charge < -0.3 is 20.1 Å². The number of urea groups is 1. The van der Waals surface area contributed by atoms with E-state index >= 15 is 0 Å². The SMILES string of the molecule is CCCNC(=O)NCCOc1ccc(OC)cc1. The third kappa shape index (κ3) is 5.43. The summed E-state index contributed by atoms with van der Waals surface area (Å²) in [7, 11) is 1.62. The Balaban J connectivity index is 2.15. The molecule has 18 heavy (non-hydrogen) atoms. The van der Waals surface area contributed by atoms with Gasteiger partial charge in [-0.05, 0) is 30.7 Å². The molecule has 0 saturated carbocycles. The van der Waals surface area contributed by atoms with Gasteiger partial charge in [-0.3, -0.25) is 0 Å². The number of amides is 2. The Morgan fingerprint density at radius 2 is 1.72 bits per heavy atom. The number of ether oxygens (including phenoxy) is 2. The van der Waals surface area contributed by atoms with Crippen LogP contribution in [0.1, 0.15) is 13.3 Å². The van der Waals surface area contributed by atoms with Gasteiger partial charge in [-0.1, -0.05) is 6.92 Å². The lowest BCUT2D eigenvalue weighted by Crippen LogP contribution is -2.37. The largest absolute Gasteiger partial charge is 0.497 e. The van der Waals surface area contributed by atoms with Gasteiger partial charge >= 0.3 is 6.03 Å². The first-order valence-electron chi connectivity index (χ1n) is 6.04. The summed E-state index contributed by atoms with van der Waals surface area (Å²) in [6, 6.07) is 7.16. The number of methoxy groups -OCH3 is 1. The van der Waals surface area contributed by atoms with Gasteiger partial charge in [0, 0.05) is 6.54 Å². The minimum absolute atomic E-state index is 0.157. The van der Waals surface area contributed by atoms with Crippen molar-refractivity contribution >= 4 is 6.03 Å². The molecule has 1 aromatic rings. The quantitative estimate of drug-likeness (QED) is 0.727. The first kappa shape index (κ1) is 14.2. The summed E-state index contributed by atoms with van der Waals surface area (Å²) in [6.45, 7) is 3.60. The number of benzene rings is 1. The van der Waals surface area contributed by atoms with Crippen molar-refractivity contribution < 1.29 is 14.3 Å². The van der Waals surface area contributed by atoms with E-state index in [0.29, 0.717) is 19.7 Å². The van der Waals surface area contributed by atoms with Crippen molar-refractivity contribution in [3.8, 4) is 11.5 Å². The summed E-state index contributed by atoms with van der Waals surface area (Å²) in [5.74, 6) is 1.55. The highest BCUT2D eigenvalue weighted by molar-refractivity contribution is 5.73. The van der Waals surface area contributed by atoms with Crippen LogP contribution in [0.2, 0.25) is 0 Å². The van der Waals surface area contributed by atoms with E-state index in [2.05, 4.69) is 10.6 Å². The van der Waals surface area contributed by atoms with Crippen molar-refractivity contribution in [2.24, 2.45) is 0 Å². The average Bonchev–Trinajstić information content (AvgIpc) is 2.42. The molecule has 5 nitrogen and oxygen atoms in total. The minimum Gasteiger partial charge on any atom is -0.497 e. The molecule has 2 amide bonds. The highest BCUT2D eigenvalue weighted by atomic mass is 16.5. The molecule has 0 radical (unpaired) electrons. The lowest BCUT2D eigenvalue weighted by atomic mass is 10.3. The van der Waals surface area contributed by atoms with E-state index in [4.69, 9.17) is 9.47 Å². The fraction of sp³-hybridized carbons (Fsp3) is 0.462. The summed E-state index contributed by atoms with van der Waals surface area (Å²) in [4.78, 5) is 11.2. The smallest absolute Gasteiger partial charge is 0.314 e. The normalized spacial score (nSPS) is 9.67. The number of carbonyl (C=O) groups excluding carboxylic acids is 1. The van der Waals surface area contributed by atoms with E-state index in [0.717, 1.165) is 17.9 Å². The predicted molar refractivity (Wildman–Crippen MR) is 70.2 cm³/mol. The second-order valence-corrected chi connectivity index (χ2v) is 3.71. The highest BCUT2D eigenvalue weighted by Crippen LogP contribution is 2.16. The summed E-state index contributed by atoms with van der Waals surface area (Å²) >= 11 is 0. The summed E-state index contributed by atoms with van der Waals surface area (Å²) in [5.41, 5.74) is 0. The van der Waals surface area contributed by atoms with Crippen molar-refractivity contribution in [1.82, 2.24) is 10.6 Å². The number of hydrogen-bond donors (Lipinski definition) is 2. The Morgan fingerprint density at radius 3 is 2.33 bits per heavy atom. The summed E-state index contributed by atoms with van der Waals surface area (Å²) in [6.07, 6.45) is 0.926. The topological polar surface area (TPSA) is 59.6 Å². The van der Waals surface area contributed by atoms with Crippen LogP contribution in [0.15, 0.2) is 24.3 Å². The van der Waals surface area contributed by atoms with Crippen LogP contribution >= 0.6 is 0 Å². The Labute approximate surface area is 107 Å². The molecule has 5 heteroatoms. The van der Waals surface area contributed by atoms with Crippen LogP contribution in [0.3, 0.4) is 0 Å². The fourth-order valence-electron chi connectivity index (χ4n) is 1.31. The Kier molecular flexibility index (Phi) is 6.46. The van der Waals surface area contributed by atoms with Crippen molar-refractivity contribution in [3.05, 3.63) is 24.3 Å². The molecule has 0 atom stereocenters. The molecule has 0 unspecified atom stereocenters. The Hall–Kier alpha value is -1.91. The van der Waals surface area contributed by atoms with Gasteiger partial charge in [0.25, 0.3) is 0 Å². The predicted octanol–water partition coefficient (Wildman–Crippen LogP) is 1.78. The van der Waals surface area contributed by atoms with E-state index in [1.165, 1.54) is 0 Å². The van der Waals surface area contributed by atoms with Crippen LogP contribution in [0.4, 0.5) is 4.79 Å². The number of rotatable bonds is 7. The number of nitrogens with one attached hydrogen (secondary N) is 2. The zero-order valence-electron chi connectivity index (χ0n) is 10.9. The molecule has 0 aliphatic carbocycles. The second-order valence-electron chi connectivity index (χ2n) is 3.71. The minimum atomic E-state index is -0.157. The molecule has 0 heterocycles. The van der Waals surface area contributed by atoms with Gasteiger partial charge in [0.05, 0.1) is 13.7 Å². The lowest BCUT2D eigenvalue weighted by molar-refractivity contribution is 0.236. The zero-order valence-corrected chi connectivity index (χ0v) is 10.9. The molecule has 0 bridgehead atoms.